The molecule has 2 aliphatic heterocycles. The molecular weight excluding hydrogens is 450 g/mol. The van der Waals surface area contributed by atoms with Crippen molar-refractivity contribution in [2.45, 2.75) is 52.0 Å². The van der Waals surface area contributed by atoms with Crippen molar-refractivity contribution in [3.63, 3.8) is 0 Å². The van der Waals surface area contributed by atoms with Crippen LogP contribution in [0.3, 0.4) is 0 Å². The van der Waals surface area contributed by atoms with Crippen molar-refractivity contribution < 1.29 is 14.3 Å². The molecule has 9 heteroatoms. The summed E-state index contributed by atoms with van der Waals surface area (Å²) < 4.78 is 5.91. The predicted molar refractivity (Wildman–Crippen MR) is 138 cm³/mol. The van der Waals surface area contributed by atoms with E-state index >= 15 is 0 Å². The summed E-state index contributed by atoms with van der Waals surface area (Å²) in [5.41, 5.74) is 13.0. The first-order chi connectivity index (χ1) is 16.3. The Morgan fingerprint density at radius 2 is 1.85 bits per heavy atom. The molecule has 8 nitrogen and oxygen atoms in total. The van der Waals surface area contributed by atoms with Crippen molar-refractivity contribution in [2.75, 3.05) is 37.9 Å². The van der Waals surface area contributed by atoms with Gasteiger partial charge >= 0.3 is 6.03 Å². The molecule has 0 radical (unpaired) electrons. The molecule has 3 rings (SSSR count). The highest BCUT2D eigenvalue weighted by molar-refractivity contribution is 7.99. The van der Waals surface area contributed by atoms with Gasteiger partial charge in [0.1, 0.15) is 11.6 Å². The molecule has 1 unspecified atom stereocenters. The standard InChI is InChI=1S/C25H39N5O3S/c1-18(2)23(27)28-25(32)29-11-9-19(10-12-29)4-3-14-33-21-7-5-20(6-8-21)16-22(26)24(31)30-13-15-34-17-30/h5-8,18-19,22H,3-4,9-17,26H2,1-2H3,(H2,27,28,32). The third-order valence-corrected chi connectivity index (χ3v) is 7.45. The maximum absolute atomic E-state index is 12.4. The number of carbonyl (C=O) groups is 2. The Balaban J connectivity index is 1.31. The van der Waals surface area contributed by atoms with Crippen LogP contribution < -0.4 is 16.2 Å². The molecule has 1 aromatic carbocycles. The molecule has 188 valence electrons. The van der Waals surface area contributed by atoms with Crippen LogP contribution in [0.2, 0.25) is 0 Å². The Hall–Kier alpha value is -2.26. The molecule has 0 aliphatic carbocycles. The molecule has 2 saturated heterocycles. The third kappa shape index (κ3) is 7.91. The topological polar surface area (TPSA) is 114 Å². The van der Waals surface area contributed by atoms with Crippen molar-refractivity contribution >= 4 is 29.5 Å². The number of hydrogen-bond acceptors (Lipinski definition) is 5. The predicted octanol–water partition coefficient (Wildman–Crippen LogP) is 3.09. The van der Waals surface area contributed by atoms with Crippen molar-refractivity contribution in [1.82, 2.24) is 9.80 Å². The number of urea groups is 1. The lowest BCUT2D eigenvalue weighted by molar-refractivity contribution is -0.131. The summed E-state index contributed by atoms with van der Waals surface area (Å²) >= 11 is 1.77. The van der Waals surface area contributed by atoms with Gasteiger partial charge in [-0.25, -0.2) is 4.79 Å². The normalized spacial score (nSPS) is 18.4. The number of likely N-dealkylation sites (tertiary alicyclic amines) is 1. The lowest BCUT2D eigenvalue weighted by Gasteiger charge is -2.30. The van der Waals surface area contributed by atoms with E-state index in [1.807, 2.05) is 43.0 Å². The first-order valence-electron chi connectivity index (χ1n) is 12.3. The summed E-state index contributed by atoms with van der Waals surface area (Å²) in [7, 11) is 0. The van der Waals surface area contributed by atoms with E-state index < -0.39 is 6.04 Å². The second-order valence-corrected chi connectivity index (χ2v) is 10.6. The fraction of sp³-hybridized carbons (Fsp3) is 0.640. The number of thioether (sulfide) groups is 1. The molecule has 0 aromatic heterocycles. The highest BCUT2D eigenvalue weighted by atomic mass is 32.2. The first kappa shape index (κ1) is 26.3. The van der Waals surface area contributed by atoms with Crippen LogP contribution in [-0.2, 0) is 11.2 Å². The fourth-order valence-corrected chi connectivity index (χ4v) is 5.13. The average Bonchev–Trinajstić information content (AvgIpc) is 3.37. The van der Waals surface area contributed by atoms with Crippen LogP contribution >= 0.6 is 11.8 Å². The Bertz CT molecular complexity index is 831. The van der Waals surface area contributed by atoms with Crippen LogP contribution in [0.15, 0.2) is 29.3 Å². The van der Waals surface area contributed by atoms with Crippen molar-refractivity contribution in [1.29, 1.82) is 0 Å². The number of aliphatic imine (C=N–C) groups is 1. The lowest BCUT2D eigenvalue weighted by atomic mass is 9.92. The summed E-state index contributed by atoms with van der Waals surface area (Å²) in [5, 5.41) is 0. The number of amides is 3. The highest BCUT2D eigenvalue weighted by Crippen LogP contribution is 2.23. The number of amidine groups is 1. The molecule has 2 fully saturated rings. The second kappa shape index (κ2) is 13.0. The number of benzene rings is 1. The zero-order valence-electron chi connectivity index (χ0n) is 20.4. The van der Waals surface area contributed by atoms with Gasteiger partial charge in [-0.05, 0) is 55.7 Å². The largest absolute Gasteiger partial charge is 0.494 e. The van der Waals surface area contributed by atoms with E-state index in [0.29, 0.717) is 24.8 Å². The van der Waals surface area contributed by atoms with Gasteiger partial charge in [0.2, 0.25) is 5.91 Å². The molecule has 1 aromatic rings. The molecule has 0 spiro atoms. The Morgan fingerprint density at radius 1 is 1.15 bits per heavy atom. The van der Waals surface area contributed by atoms with E-state index in [1.54, 1.807) is 16.7 Å². The van der Waals surface area contributed by atoms with Crippen molar-refractivity contribution in [3.8, 4) is 5.75 Å². The number of rotatable bonds is 9. The maximum Gasteiger partial charge on any atom is 0.345 e. The van der Waals surface area contributed by atoms with Crippen LogP contribution in [0, 0.1) is 11.8 Å². The summed E-state index contributed by atoms with van der Waals surface area (Å²) in [4.78, 5) is 32.3. The van der Waals surface area contributed by atoms with E-state index in [2.05, 4.69) is 4.99 Å². The minimum atomic E-state index is -0.494. The van der Waals surface area contributed by atoms with E-state index in [4.69, 9.17) is 16.2 Å². The number of carbonyl (C=O) groups excluding carboxylic acids is 2. The monoisotopic (exact) mass is 489 g/mol. The van der Waals surface area contributed by atoms with Gasteiger partial charge in [0, 0.05) is 31.3 Å². The Labute approximate surface area is 207 Å². The highest BCUT2D eigenvalue weighted by Gasteiger charge is 2.24. The van der Waals surface area contributed by atoms with Gasteiger partial charge in [-0.3, -0.25) is 4.79 Å². The number of hydrogen-bond donors (Lipinski definition) is 2. The smallest absolute Gasteiger partial charge is 0.345 e. The molecule has 4 N–H and O–H groups in total. The number of piperidine rings is 1. The summed E-state index contributed by atoms with van der Waals surface area (Å²) in [6, 6.07) is 7.17. The zero-order chi connectivity index (χ0) is 24.5. The first-order valence-corrected chi connectivity index (χ1v) is 13.5. The quantitative estimate of drug-likeness (QED) is 0.313. The van der Waals surface area contributed by atoms with Crippen LogP contribution in [0.4, 0.5) is 4.79 Å². The lowest BCUT2D eigenvalue weighted by Crippen LogP contribution is -2.43. The van der Waals surface area contributed by atoms with Gasteiger partial charge in [0.25, 0.3) is 0 Å². The van der Waals surface area contributed by atoms with E-state index in [1.165, 1.54) is 0 Å². The van der Waals surface area contributed by atoms with Gasteiger partial charge in [-0.2, -0.15) is 4.99 Å². The number of nitrogens with two attached hydrogens (primary N) is 2. The minimum Gasteiger partial charge on any atom is -0.494 e. The molecule has 0 saturated carbocycles. The van der Waals surface area contributed by atoms with Gasteiger partial charge in [-0.15, -0.1) is 11.8 Å². The molecule has 1 atom stereocenters. The van der Waals surface area contributed by atoms with Gasteiger partial charge in [0.15, 0.2) is 0 Å². The van der Waals surface area contributed by atoms with Gasteiger partial charge in [0.05, 0.1) is 18.5 Å². The SMILES string of the molecule is CC(C)/C(N)=N/C(=O)N1CCC(CCCOc2ccc(CC(N)C(=O)N3CCSC3)cc2)CC1. The summed E-state index contributed by atoms with van der Waals surface area (Å²) in [6.07, 6.45) is 4.59. The van der Waals surface area contributed by atoms with Crippen LogP contribution in [0.25, 0.3) is 0 Å². The van der Waals surface area contributed by atoms with E-state index in [0.717, 1.165) is 68.3 Å². The molecule has 34 heavy (non-hydrogen) atoms. The average molecular weight is 490 g/mol. The summed E-state index contributed by atoms with van der Waals surface area (Å²) in [6.45, 7) is 6.80. The molecule has 3 amide bonds. The van der Waals surface area contributed by atoms with Crippen LogP contribution in [-0.4, -0.2) is 71.5 Å². The molecule has 0 bridgehead atoms. The van der Waals surface area contributed by atoms with Crippen LogP contribution in [0.5, 0.6) is 5.75 Å². The van der Waals surface area contributed by atoms with E-state index in [9.17, 15) is 9.59 Å². The molecular formula is C25H39N5O3S. The summed E-state index contributed by atoms with van der Waals surface area (Å²) in [5.74, 6) is 3.70. The molecule has 2 aliphatic rings. The number of nitrogens with zero attached hydrogens (tertiary/aromatic N) is 3. The van der Waals surface area contributed by atoms with Crippen LogP contribution in [0.1, 0.15) is 45.1 Å². The second-order valence-electron chi connectivity index (χ2n) is 9.49. The van der Waals surface area contributed by atoms with Crippen molar-refractivity contribution in [2.24, 2.45) is 28.3 Å². The van der Waals surface area contributed by atoms with E-state index in [-0.39, 0.29) is 17.9 Å². The third-order valence-electron chi connectivity index (χ3n) is 6.49. The Morgan fingerprint density at radius 3 is 2.47 bits per heavy atom. The van der Waals surface area contributed by atoms with Gasteiger partial charge < -0.3 is 26.0 Å². The zero-order valence-corrected chi connectivity index (χ0v) is 21.3. The van der Waals surface area contributed by atoms with Gasteiger partial charge in [-0.1, -0.05) is 26.0 Å². The maximum atomic E-state index is 12.4. The fourth-order valence-electron chi connectivity index (χ4n) is 4.17. The Kier molecular flexibility index (Phi) is 10.1. The minimum absolute atomic E-state index is 0.0351. The van der Waals surface area contributed by atoms with Crippen molar-refractivity contribution in [3.05, 3.63) is 29.8 Å². The number of ether oxygens (including phenoxy) is 1. The molecule has 2 heterocycles.